The highest BCUT2D eigenvalue weighted by molar-refractivity contribution is 5.85. The number of rotatable bonds is 3. The summed E-state index contributed by atoms with van der Waals surface area (Å²) in [5, 5.41) is 4.45. The average Bonchev–Trinajstić information content (AvgIpc) is 2.65. The van der Waals surface area contributed by atoms with Crippen molar-refractivity contribution < 1.29 is 4.79 Å². The lowest BCUT2D eigenvalue weighted by molar-refractivity contribution is -0.134. The molecule has 1 aromatic heterocycles. The van der Waals surface area contributed by atoms with Crippen LogP contribution in [0, 0.1) is 13.8 Å². The van der Waals surface area contributed by atoms with Gasteiger partial charge >= 0.3 is 0 Å². The van der Waals surface area contributed by atoms with Crippen LogP contribution in [-0.2, 0) is 18.4 Å². The van der Waals surface area contributed by atoms with E-state index in [1.165, 1.54) is 11.3 Å². The topological polar surface area (TPSA) is 67.4 Å². The van der Waals surface area contributed by atoms with Crippen LogP contribution in [0.4, 0.5) is 0 Å². The Morgan fingerprint density at radius 3 is 2.29 bits per heavy atom. The molecule has 1 aliphatic rings. The Morgan fingerprint density at radius 1 is 1.29 bits per heavy atom. The molecule has 0 aliphatic carbocycles. The van der Waals surface area contributed by atoms with E-state index < -0.39 is 6.04 Å². The molecule has 0 spiro atoms. The van der Waals surface area contributed by atoms with Crippen LogP contribution >= 0.6 is 12.4 Å². The van der Waals surface area contributed by atoms with Gasteiger partial charge in [-0.25, -0.2) is 0 Å². The predicted octanol–water partition coefficient (Wildman–Crippen LogP) is 0.450. The zero-order chi connectivity index (χ0) is 14.9. The first-order chi connectivity index (χ1) is 9.40. The SMILES string of the molecule is Cc1nn(C)c(C)c1CN1CCN(C(=O)C(C)N)CC1.Cl. The molecule has 1 atom stereocenters. The summed E-state index contributed by atoms with van der Waals surface area (Å²) >= 11 is 0. The average molecular weight is 316 g/mol. The third-order valence-electron chi connectivity index (χ3n) is 4.11. The molecule has 0 aromatic carbocycles. The molecule has 120 valence electrons. The standard InChI is InChI=1S/C14H25N5O.ClH/c1-10(15)14(20)19-7-5-18(6-8-19)9-13-11(2)16-17(4)12(13)3;/h10H,5-9,15H2,1-4H3;1H. The highest BCUT2D eigenvalue weighted by Crippen LogP contribution is 2.16. The molecular weight excluding hydrogens is 290 g/mol. The van der Waals surface area contributed by atoms with Crippen molar-refractivity contribution in [2.75, 3.05) is 26.2 Å². The molecular formula is C14H26ClN5O. The second-order valence-electron chi connectivity index (χ2n) is 5.66. The maximum Gasteiger partial charge on any atom is 0.239 e. The minimum absolute atomic E-state index is 0. The monoisotopic (exact) mass is 315 g/mol. The van der Waals surface area contributed by atoms with Crippen molar-refractivity contribution in [2.24, 2.45) is 12.8 Å². The van der Waals surface area contributed by atoms with Gasteiger partial charge in [-0.2, -0.15) is 5.10 Å². The fraction of sp³-hybridized carbons (Fsp3) is 0.714. The van der Waals surface area contributed by atoms with Gasteiger partial charge in [-0.3, -0.25) is 14.4 Å². The zero-order valence-electron chi connectivity index (χ0n) is 13.3. The number of hydrogen-bond donors (Lipinski definition) is 1. The van der Waals surface area contributed by atoms with E-state index in [1.54, 1.807) is 6.92 Å². The van der Waals surface area contributed by atoms with E-state index in [0.29, 0.717) is 0 Å². The van der Waals surface area contributed by atoms with Gasteiger partial charge in [-0.05, 0) is 20.8 Å². The molecule has 6 nitrogen and oxygen atoms in total. The normalized spacial score (nSPS) is 17.5. The molecule has 1 aliphatic heterocycles. The number of nitrogens with two attached hydrogens (primary N) is 1. The number of hydrogen-bond acceptors (Lipinski definition) is 4. The summed E-state index contributed by atoms with van der Waals surface area (Å²) in [4.78, 5) is 16.1. The van der Waals surface area contributed by atoms with Crippen molar-refractivity contribution in [3.63, 3.8) is 0 Å². The van der Waals surface area contributed by atoms with Gasteiger partial charge in [0.15, 0.2) is 0 Å². The van der Waals surface area contributed by atoms with E-state index in [0.717, 1.165) is 38.4 Å². The summed E-state index contributed by atoms with van der Waals surface area (Å²) in [7, 11) is 1.98. The van der Waals surface area contributed by atoms with Gasteiger partial charge in [0.2, 0.25) is 5.91 Å². The number of carbonyl (C=O) groups is 1. The van der Waals surface area contributed by atoms with Gasteiger partial charge in [0.1, 0.15) is 0 Å². The summed E-state index contributed by atoms with van der Waals surface area (Å²) in [6, 6.07) is -0.399. The summed E-state index contributed by atoms with van der Waals surface area (Å²) in [6.07, 6.45) is 0. The number of amides is 1. The van der Waals surface area contributed by atoms with Gasteiger partial charge in [0.25, 0.3) is 0 Å². The molecule has 2 N–H and O–H groups in total. The van der Waals surface area contributed by atoms with Crippen LogP contribution < -0.4 is 5.73 Å². The lowest BCUT2D eigenvalue weighted by Crippen LogP contribution is -2.52. The van der Waals surface area contributed by atoms with Crippen LogP contribution in [0.15, 0.2) is 0 Å². The van der Waals surface area contributed by atoms with E-state index in [9.17, 15) is 4.79 Å². The number of piperazine rings is 1. The second kappa shape index (κ2) is 7.24. The molecule has 0 bridgehead atoms. The van der Waals surface area contributed by atoms with Crippen molar-refractivity contribution in [3.8, 4) is 0 Å². The molecule has 2 rings (SSSR count). The minimum Gasteiger partial charge on any atom is -0.339 e. The smallest absolute Gasteiger partial charge is 0.239 e. The largest absolute Gasteiger partial charge is 0.339 e. The summed E-state index contributed by atoms with van der Waals surface area (Å²) in [5.41, 5.74) is 9.27. The summed E-state index contributed by atoms with van der Waals surface area (Å²) in [6.45, 7) is 10.1. The Kier molecular flexibility index (Phi) is 6.19. The molecule has 1 saturated heterocycles. The molecule has 7 heteroatoms. The van der Waals surface area contributed by atoms with E-state index in [-0.39, 0.29) is 18.3 Å². The molecule has 1 amide bonds. The van der Waals surface area contributed by atoms with Crippen LogP contribution in [0.3, 0.4) is 0 Å². The second-order valence-corrected chi connectivity index (χ2v) is 5.66. The van der Waals surface area contributed by atoms with E-state index in [4.69, 9.17) is 5.73 Å². The molecule has 0 saturated carbocycles. The quantitative estimate of drug-likeness (QED) is 0.879. The summed E-state index contributed by atoms with van der Waals surface area (Å²) < 4.78 is 1.93. The molecule has 0 radical (unpaired) electrons. The highest BCUT2D eigenvalue weighted by atomic mass is 35.5. The molecule has 1 aromatic rings. The maximum atomic E-state index is 11.8. The van der Waals surface area contributed by atoms with Crippen molar-refractivity contribution in [3.05, 3.63) is 17.0 Å². The Morgan fingerprint density at radius 2 is 1.86 bits per heavy atom. The third kappa shape index (κ3) is 3.96. The lowest BCUT2D eigenvalue weighted by atomic mass is 10.1. The Balaban J connectivity index is 0.00000220. The van der Waals surface area contributed by atoms with Crippen molar-refractivity contribution in [1.82, 2.24) is 19.6 Å². The number of carbonyl (C=O) groups excluding carboxylic acids is 1. The van der Waals surface area contributed by atoms with Crippen molar-refractivity contribution >= 4 is 18.3 Å². The van der Waals surface area contributed by atoms with Gasteiger partial charge in [0.05, 0.1) is 11.7 Å². The minimum atomic E-state index is -0.399. The molecule has 1 fully saturated rings. The first kappa shape index (κ1) is 17.9. The van der Waals surface area contributed by atoms with E-state index >= 15 is 0 Å². The number of aromatic nitrogens is 2. The number of halogens is 1. The van der Waals surface area contributed by atoms with Crippen LogP contribution in [0.25, 0.3) is 0 Å². The predicted molar refractivity (Wildman–Crippen MR) is 85.4 cm³/mol. The van der Waals surface area contributed by atoms with Gasteiger partial charge in [-0.1, -0.05) is 0 Å². The lowest BCUT2D eigenvalue weighted by Gasteiger charge is -2.35. The van der Waals surface area contributed by atoms with Gasteiger partial charge < -0.3 is 10.6 Å². The van der Waals surface area contributed by atoms with Crippen LogP contribution in [0.5, 0.6) is 0 Å². The number of nitrogens with zero attached hydrogens (tertiary/aromatic N) is 4. The first-order valence-corrected chi connectivity index (χ1v) is 7.16. The van der Waals surface area contributed by atoms with Gasteiger partial charge in [-0.15, -0.1) is 12.4 Å². The summed E-state index contributed by atoms with van der Waals surface area (Å²) in [5.74, 6) is 0.0541. The van der Waals surface area contributed by atoms with E-state index in [1.807, 2.05) is 16.6 Å². The van der Waals surface area contributed by atoms with Crippen molar-refractivity contribution in [2.45, 2.75) is 33.4 Å². The molecule has 2 heterocycles. The Hall–Kier alpha value is -1.11. The van der Waals surface area contributed by atoms with E-state index in [2.05, 4.69) is 23.8 Å². The number of aryl methyl sites for hydroxylation is 2. The Bertz CT molecular complexity index is 492. The molecule has 21 heavy (non-hydrogen) atoms. The van der Waals surface area contributed by atoms with Crippen LogP contribution in [-0.4, -0.2) is 57.7 Å². The highest BCUT2D eigenvalue weighted by Gasteiger charge is 2.24. The zero-order valence-corrected chi connectivity index (χ0v) is 14.1. The van der Waals surface area contributed by atoms with Crippen molar-refractivity contribution in [1.29, 1.82) is 0 Å². The third-order valence-corrected chi connectivity index (χ3v) is 4.11. The first-order valence-electron chi connectivity index (χ1n) is 7.16. The van der Waals surface area contributed by atoms with Gasteiger partial charge in [0, 0.05) is 51.0 Å². The fourth-order valence-corrected chi connectivity index (χ4v) is 2.68. The van der Waals surface area contributed by atoms with Crippen LogP contribution in [0.2, 0.25) is 0 Å². The fourth-order valence-electron chi connectivity index (χ4n) is 2.68. The maximum absolute atomic E-state index is 11.8. The van der Waals surface area contributed by atoms with Crippen LogP contribution in [0.1, 0.15) is 23.9 Å². The molecule has 1 unspecified atom stereocenters. The Labute approximate surface area is 132 Å².